The topological polar surface area (TPSA) is 49.3 Å². The highest BCUT2D eigenvalue weighted by Gasteiger charge is 2.12. The molecule has 0 spiro atoms. The standard InChI is InChI=1S/C13H8BrCl2NO2/c14-10-6-8(16)2-4-12(10)17-11-3-1-7(15)5-9(11)13(18)19/h1-6,17H,(H,18,19). The largest absolute Gasteiger partial charge is 0.478 e. The van der Waals surface area contributed by atoms with Crippen LogP contribution in [0.1, 0.15) is 10.4 Å². The molecule has 0 aliphatic carbocycles. The molecule has 0 atom stereocenters. The molecule has 6 heteroatoms. The van der Waals surface area contributed by atoms with E-state index in [2.05, 4.69) is 21.2 Å². The van der Waals surface area contributed by atoms with Crippen LogP contribution in [0.25, 0.3) is 0 Å². The van der Waals surface area contributed by atoms with Crippen LogP contribution in [0.5, 0.6) is 0 Å². The van der Waals surface area contributed by atoms with E-state index in [1.807, 2.05) is 0 Å². The van der Waals surface area contributed by atoms with Gasteiger partial charge in [0.05, 0.1) is 16.9 Å². The predicted octanol–water partition coefficient (Wildman–Crippen LogP) is 5.20. The highest BCUT2D eigenvalue weighted by Crippen LogP contribution is 2.30. The maximum Gasteiger partial charge on any atom is 0.337 e. The van der Waals surface area contributed by atoms with Gasteiger partial charge in [0.1, 0.15) is 0 Å². The molecule has 0 radical (unpaired) electrons. The Balaban J connectivity index is 2.40. The number of anilines is 2. The molecule has 2 rings (SSSR count). The number of halogens is 3. The van der Waals surface area contributed by atoms with E-state index in [1.165, 1.54) is 6.07 Å². The summed E-state index contributed by atoms with van der Waals surface area (Å²) in [4.78, 5) is 11.2. The van der Waals surface area contributed by atoms with Crippen LogP contribution in [0.2, 0.25) is 10.0 Å². The van der Waals surface area contributed by atoms with E-state index in [-0.39, 0.29) is 5.56 Å². The van der Waals surface area contributed by atoms with Crippen molar-refractivity contribution in [1.82, 2.24) is 0 Å². The van der Waals surface area contributed by atoms with Gasteiger partial charge < -0.3 is 10.4 Å². The van der Waals surface area contributed by atoms with E-state index < -0.39 is 5.97 Å². The lowest BCUT2D eigenvalue weighted by molar-refractivity contribution is 0.0698. The minimum Gasteiger partial charge on any atom is -0.478 e. The third-order valence-electron chi connectivity index (χ3n) is 2.41. The van der Waals surface area contributed by atoms with E-state index in [1.54, 1.807) is 30.3 Å². The van der Waals surface area contributed by atoms with Crippen LogP contribution in [0.3, 0.4) is 0 Å². The Bertz CT molecular complexity index is 647. The highest BCUT2D eigenvalue weighted by molar-refractivity contribution is 9.10. The van der Waals surface area contributed by atoms with Gasteiger partial charge in [-0.15, -0.1) is 0 Å². The van der Waals surface area contributed by atoms with Gasteiger partial charge in [0.15, 0.2) is 0 Å². The van der Waals surface area contributed by atoms with Gasteiger partial charge in [-0.1, -0.05) is 23.2 Å². The van der Waals surface area contributed by atoms with Crippen LogP contribution < -0.4 is 5.32 Å². The molecule has 0 saturated carbocycles. The summed E-state index contributed by atoms with van der Waals surface area (Å²) < 4.78 is 0.742. The zero-order valence-corrected chi connectivity index (χ0v) is 12.6. The van der Waals surface area contributed by atoms with Crippen LogP contribution in [0, 0.1) is 0 Å². The maximum atomic E-state index is 11.2. The molecular formula is C13H8BrCl2NO2. The zero-order valence-electron chi connectivity index (χ0n) is 9.45. The Morgan fingerprint density at radius 3 is 2.21 bits per heavy atom. The van der Waals surface area contributed by atoms with Crippen molar-refractivity contribution in [3.05, 3.63) is 56.5 Å². The SMILES string of the molecule is O=C(O)c1cc(Cl)ccc1Nc1ccc(Cl)cc1Br. The van der Waals surface area contributed by atoms with E-state index in [0.717, 1.165) is 4.47 Å². The molecule has 0 unspecified atom stereocenters. The van der Waals surface area contributed by atoms with Crippen LogP contribution in [-0.4, -0.2) is 11.1 Å². The van der Waals surface area contributed by atoms with Gasteiger partial charge in [-0.25, -0.2) is 4.79 Å². The summed E-state index contributed by atoms with van der Waals surface area (Å²) in [5.74, 6) is -1.05. The summed E-state index contributed by atoms with van der Waals surface area (Å²) in [5, 5.41) is 13.1. The monoisotopic (exact) mass is 359 g/mol. The van der Waals surface area contributed by atoms with Crippen molar-refractivity contribution in [2.45, 2.75) is 0 Å². The number of hydrogen-bond donors (Lipinski definition) is 2. The average molecular weight is 361 g/mol. The molecule has 0 aliphatic heterocycles. The maximum absolute atomic E-state index is 11.2. The number of carboxylic acid groups (broad SMARTS) is 1. The van der Waals surface area contributed by atoms with Gasteiger partial charge in [-0.05, 0) is 52.3 Å². The first kappa shape index (κ1) is 14.2. The fourth-order valence-electron chi connectivity index (χ4n) is 1.54. The number of aromatic carboxylic acids is 1. The third kappa shape index (κ3) is 3.41. The zero-order chi connectivity index (χ0) is 14.0. The summed E-state index contributed by atoms with van der Waals surface area (Å²) in [6.07, 6.45) is 0. The Morgan fingerprint density at radius 2 is 1.63 bits per heavy atom. The van der Waals surface area contributed by atoms with Crippen molar-refractivity contribution < 1.29 is 9.90 Å². The van der Waals surface area contributed by atoms with Crippen molar-refractivity contribution in [2.75, 3.05) is 5.32 Å². The fourth-order valence-corrected chi connectivity index (χ4v) is 2.49. The first-order chi connectivity index (χ1) is 8.97. The van der Waals surface area contributed by atoms with Gasteiger partial charge in [-0.2, -0.15) is 0 Å². The molecule has 0 amide bonds. The second kappa shape index (κ2) is 5.82. The molecule has 3 nitrogen and oxygen atoms in total. The van der Waals surface area contributed by atoms with Crippen LogP contribution in [-0.2, 0) is 0 Å². The minimum absolute atomic E-state index is 0.106. The van der Waals surface area contributed by atoms with Crippen molar-refractivity contribution in [3.63, 3.8) is 0 Å². The molecule has 2 N–H and O–H groups in total. The quantitative estimate of drug-likeness (QED) is 0.791. The van der Waals surface area contributed by atoms with E-state index >= 15 is 0 Å². The number of benzene rings is 2. The van der Waals surface area contributed by atoms with Crippen molar-refractivity contribution in [1.29, 1.82) is 0 Å². The summed E-state index contributed by atoms with van der Waals surface area (Å²) in [6.45, 7) is 0. The van der Waals surface area contributed by atoms with Crippen molar-refractivity contribution >= 4 is 56.5 Å². The molecule has 0 aromatic heterocycles. The van der Waals surface area contributed by atoms with Gasteiger partial charge in [-0.3, -0.25) is 0 Å². The molecule has 0 heterocycles. The number of carboxylic acids is 1. The van der Waals surface area contributed by atoms with E-state index in [4.69, 9.17) is 28.3 Å². The Kier molecular flexibility index (Phi) is 4.34. The lowest BCUT2D eigenvalue weighted by atomic mass is 10.1. The Labute approximate surface area is 128 Å². The number of carbonyl (C=O) groups is 1. The Hall–Kier alpha value is -1.23. The van der Waals surface area contributed by atoms with Gasteiger partial charge in [0.25, 0.3) is 0 Å². The lowest BCUT2D eigenvalue weighted by Gasteiger charge is -2.11. The summed E-state index contributed by atoms with van der Waals surface area (Å²) in [6, 6.07) is 9.83. The number of rotatable bonds is 3. The normalized spacial score (nSPS) is 10.3. The lowest BCUT2D eigenvalue weighted by Crippen LogP contribution is -2.03. The van der Waals surface area contributed by atoms with Crippen molar-refractivity contribution in [2.24, 2.45) is 0 Å². The van der Waals surface area contributed by atoms with Crippen LogP contribution >= 0.6 is 39.1 Å². The van der Waals surface area contributed by atoms with Gasteiger partial charge >= 0.3 is 5.97 Å². The molecule has 98 valence electrons. The molecule has 0 fully saturated rings. The minimum atomic E-state index is -1.05. The second-order valence-electron chi connectivity index (χ2n) is 3.74. The van der Waals surface area contributed by atoms with Gasteiger partial charge in [0.2, 0.25) is 0 Å². The fraction of sp³-hybridized carbons (Fsp3) is 0. The third-order valence-corrected chi connectivity index (χ3v) is 3.54. The molecule has 0 saturated heterocycles. The average Bonchev–Trinajstić information content (AvgIpc) is 2.34. The number of hydrogen-bond acceptors (Lipinski definition) is 2. The molecule has 0 aliphatic rings. The molecule has 19 heavy (non-hydrogen) atoms. The second-order valence-corrected chi connectivity index (χ2v) is 5.47. The number of nitrogens with one attached hydrogen (secondary N) is 1. The Morgan fingerprint density at radius 1 is 1.05 bits per heavy atom. The first-order valence-electron chi connectivity index (χ1n) is 5.22. The van der Waals surface area contributed by atoms with Crippen LogP contribution in [0.4, 0.5) is 11.4 Å². The molecular weight excluding hydrogens is 353 g/mol. The summed E-state index contributed by atoms with van der Waals surface area (Å²) in [7, 11) is 0. The van der Waals surface area contributed by atoms with E-state index in [0.29, 0.717) is 21.4 Å². The predicted molar refractivity (Wildman–Crippen MR) is 80.8 cm³/mol. The summed E-state index contributed by atoms with van der Waals surface area (Å²) in [5.41, 5.74) is 1.28. The van der Waals surface area contributed by atoms with Crippen LogP contribution in [0.15, 0.2) is 40.9 Å². The van der Waals surface area contributed by atoms with Gasteiger partial charge in [0, 0.05) is 14.5 Å². The highest BCUT2D eigenvalue weighted by atomic mass is 79.9. The van der Waals surface area contributed by atoms with E-state index in [9.17, 15) is 4.79 Å². The molecule has 2 aromatic carbocycles. The molecule has 0 bridgehead atoms. The van der Waals surface area contributed by atoms with Crippen molar-refractivity contribution in [3.8, 4) is 0 Å². The first-order valence-corrected chi connectivity index (χ1v) is 6.77. The smallest absolute Gasteiger partial charge is 0.337 e. The summed E-state index contributed by atoms with van der Waals surface area (Å²) >= 11 is 15.0. The molecule has 2 aromatic rings.